The molecule has 0 bridgehead atoms. The fourth-order valence-corrected chi connectivity index (χ4v) is 0.509. The van der Waals surface area contributed by atoms with Gasteiger partial charge in [0.25, 0.3) is 0 Å². The summed E-state index contributed by atoms with van der Waals surface area (Å²) in [5, 5.41) is 6.06. The molecule has 1 aromatic heterocycles. The standard InChI is InChI=1S/C4H7N5O/c1-2-6-3(9-8-2)4(10)7-5/h5H2,1H3,(H,7,10)(H,6,8,9). The van der Waals surface area contributed by atoms with Gasteiger partial charge in [0.05, 0.1) is 0 Å². The smallest absolute Gasteiger partial charge is 0.287 e. The number of aromatic amines is 1. The molecule has 10 heavy (non-hydrogen) atoms. The number of nitrogens with two attached hydrogens (primary N) is 1. The number of carbonyl (C=O) groups is 1. The fraction of sp³-hybridized carbons (Fsp3) is 0.250. The topological polar surface area (TPSA) is 96.7 Å². The third-order valence-electron chi connectivity index (χ3n) is 0.931. The van der Waals surface area contributed by atoms with Crippen LogP contribution in [-0.2, 0) is 0 Å². The van der Waals surface area contributed by atoms with Crippen LogP contribution < -0.4 is 11.3 Å². The van der Waals surface area contributed by atoms with E-state index in [2.05, 4.69) is 15.2 Å². The number of carbonyl (C=O) groups excluding carboxylic acids is 1. The molecule has 0 unspecified atom stereocenters. The minimum Gasteiger partial charge on any atom is -0.287 e. The van der Waals surface area contributed by atoms with Gasteiger partial charge in [-0.15, -0.1) is 5.10 Å². The molecule has 1 amide bonds. The first-order chi connectivity index (χ1) is 4.74. The zero-order valence-electron chi connectivity index (χ0n) is 5.38. The monoisotopic (exact) mass is 141 g/mol. The van der Waals surface area contributed by atoms with E-state index in [0.29, 0.717) is 5.82 Å². The number of nitrogens with one attached hydrogen (secondary N) is 2. The summed E-state index contributed by atoms with van der Waals surface area (Å²) in [6.45, 7) is 1.69. The molecule has 0 atom stereocenters. The normalized spacial score (nSPS) is 9.40. The van der Waals surface area contributed by atoms with Crippen LogP contribution in [0.5, 0.6) is 0 Å². The molecule has 0 aliphatic rings. The molecule has 0 saturated heterocycles. The van der Waals surface area contributed by atoms with E-state index in [1.807, 2.05) is 5.43 Å². The first-order valence-corrected chi connectivity index (χ1v) is 2.64. The van der Waals surface area contributed by atoms with Gasteiger partial charge in [-0.3, -0.25) is 15.3 Å². The molecule has 4 N–H and O–H groups in total. The Balaban J connectivity index is 2.85. The van der Waals surface area contributed by atoms with Crippen molar-refractivity contribution in [2.45, 2.75) is 6.92 Å². The third-order valence-corrected chi connectivity index (χ3v) is 0.931. The van der Waals surface area contributed by atoms with Gasteiger partial charge in [0.1, 0.15) is 5.82 Å². The Morgan fingerprint density at radius 2 is 2.50 bits per heavy atom. The highest BCUT2D eigenvalue weighted by molar-refractivity contribution is 5.89. The van der Waals surface area contributed by atoms with E-state index in [9.17, 15) is 4.79 Å². The number of aromatic nitrogens is 3. The summed E-state index contributed by atoms with van der Waals surface area (Å²) < 4.78 is 0. The van der Waals surface area contributed by atoms with E-state index in [-0.39, 0.29) is 5.82 Å². The molecular weight excluding hydrogens is 134 g/mol. The van der Waals surface area contributed by atoms with Crippen LogP contribution in [0.15, 0.2) is 0 Å². The van der Waals surface area contributed by atoms with Gasteiger partial charge < -0.3 is 0 Å². The predicted octanol–water partition coefficient (Wildman–Crippen LogP) is -1.28. The molecule has 6 nitrogen and oxygen atoms in total. The Kier molecular flexibility index (Phi) is 1.63. The maximum atomic E-state index is 10.6. The third kappa shape index (κ3) is 1.11. The Morgan fingerprint density at radius 1 is 1.80 bits per heavy atom. The molecule has 0 fully saturated rings. The van der Waals surface area contributed by atoms with E-state index in [1.54, 1.807) is 6.92 Å². The Hall–Kier alpha value is -1.43. The Labute approximate surface area is 56.8 Å². The molecule has 1 heterocycles. The van der Waals surface area contributed by atoms with Crippen LogP contribution in [0.2, 0.25) is 0 Å². The second-order valence-electron chi connectivity index (χ2n) is 1.72. The lowest BCUT2D eigenvalue weighted by atomic mass is 10.6. The minimum absolute atomic E-state index is 0.0556. The molecular formula is C4H7N5O. The Morgan fingerprint density at radius 3 is 2.90 bits per heavy atom. The zero-order chi connectivity index (χ0) is 7.56. The summed E-state index contributed by atoms with van der Waals surface area (Å²) in [7, 11) is 0. The molecule has 1 rings (SSSR count). The summed E-state index contributed by atoms with van der Waals surface area (Å²) >= 11 is 0. The van der Waals surface area contributed by atoms with E-state index in [4.69, 9.17) is 5.84 Å². The second kappa shape index (κ2) is 2.44. The van der Waals surface area contributed by atoms with Crippen molar-refractivity contribution in [2.24, 2.45) is 5.84 Å². The van der Waals surface area contributed by atoms with Crippen LogP contribution >= 0.6 is 0 Å². The van der Waals surface area contributed by atoms with Gasteiger partial charge in [0.2, 0.25) is 5.82 Å². The van der Waals surface area contributed by atoms with Crippen LogP contribution in [0.4, 0.5) is 0 Å². The first-order valence-electron chi connectivity index (χ1n) is 2.64. The van der Waals surface area contributed by atoms with Gasteiger partial charge in [-0.05, 0) is 6.92 Å². The van der Waals surface area contributed by atoms with Crippen LogP contribution in [0.25, 0.3) is 0 Å². The van der Waals surface area contributed by atoms with Crippen molar-refractivity contribution in [3.05, 3.63) is 11.6 Å². The summed E-state index contributed by atoms with van der Waals surface area (Å²) in [6.07, 6.45) is 0. The quantitative estimate of drug-likeness (QED) is 0.258. The molecule has 1 aromatic rings. The highest BCUT2D eigenvalue weighted by Gasteiger charge is 2.07. The molecule has 0 radical (unpaired) electrons. The lowest BCUT2D eigenvalue weighted by Crippen LogP contribution is -2.30. The van der Waals surface area contributed by atoms with Crippen molar-refractivity contribution >= 4 is 5.91 Å². The maximum Gasteiger partial charge on any atom is 0.304 e. The molecule has 6 heteroatoms. The van der Waals surface area contributed by atoms with Crippen LogP contribution in [0.1, 0.15) is 16.4 Å². The lowest BCUT2D eigenvalue weighted by Gasteiger charge is -1.88. The number of H-pyrrole nitrogens is 1. The van der Waals surface area contributed by atoms with Gasteiger partial charge in [0, 0.05) is 0 Å². The van der Waals surface area contributed by atoms with E-state index in [0.717, 1.165) is 0 Å². The molecule has 0 aromatic carbocycles. The first kappa shape index (κ1) is 6.69. The van der Waals surface area contributed by atoms with Crippen molar-refractivity contribution < 1.29 is 4.79 Å². The van der Waals surface area contributed by atoms with Crippen molar-refractivity contribution in [1.82, 2.24) is 20.6 Å². The molecule has 0 saturated carbocycles. The molecule has 0 spiro atoms. The van der Waals surface area contributed by atoms with Crippen molar-refractivity contribution in [1.29, 1.82) is 0 Å². The summed E-state index contributed by atoms with van der Waals surface area (Å²) in [5.74, 6) is 4.96. The number of hydrogen-bond donors (Lipinski definition) is 3. The fourth-order valence-electron chi connectivity index (χ4n) is 0.509. The van der Waals surface area contributed by atoms with Crippen molar-refractivity contribution in [3.63, 3.8) is 0 Å². The summed E-state index contributed by atoms with van der Waals surface area (Å²) in [6, 6.07) is 0. The van der Waals surface area contributed by atoms with Gasteiger partial charge >= 0.3 is 5.91 Å². The number of amides is 1. The lowest BCUT2D eigenvalue weighted by molar-refractivity contribution is 0.0943. The molecule has 0 aliphatic carbocycles. The number of hydrazine groups is 1. The van der Waals surface area contributed by atoms with Gasteiger partial charge in [-0.1, -0.05) is 0 Å². The number of aryl methyl sites for hydroxylation is 1. The van der Waals surface area contributed by atoms with Crippen LogP contribution in [-0.4, -0.2) is 21.1 Å². The SMILES string of the molecule is Cc1nc(C(=O)NN)n[nH]1. The maximum absolute atomic E-state index is 10.6. The largest absolute Gasteiger partial charge is 0.304 e. The zero-order valence-corrected chi connectivity index (χ0v) is 5.38. The number of hydrogen-bond acceptors (Lipinski definition) is 4. The average Bonchev–Trinajstić information content (AvgIpc) is 2.34. The summed E-state index contributed by atoms with van der Waals surface area (Å²) in [5.41, 5.74) is 1.91. The number of rotatable bonds is 1. The second-order valence-corrected chi connectivity index (χ2v) is 1.72. The van der Waals surface area contributed by atoms with E-state index in [1.165, 1.54) is 0 Å². The Bertz CT molecular complexity index is 242. The average molecular weight is 141 g/mol. The molecule has 0 aliphatic heterocycles. The van der Waals surface area contributed by atoms with E-state index < -0.39 is 5.91 Å². The number of nitrogen functional groups attached to an aromatic ring is 1. The molecule has 54 valence electrons. The minimum atomic E-state index is -0.496. The van der Waals surface area contributed by atoms with Gasteiger partial charge in [0.15, 0.2) is 0 Å². The highest BCUT2D eigenvalue weighted by atomic mass is 16.2. The highest BCUT2D eigenvalue weighted by Crippen LogP contribution is 1.87. The van der Waals surface area contributed by atoms with Crippen molar-refractivity contribution in [2.75, 3.05) is 0 Å². The summed E-state index contributed by atoms with van der Waals surface area (Å²) in [4.78, 5) is 14.4. The van der Waals surface area contributed by atoms with Crippen LogP contribution in [0, 0.1) is 6.92 Å². The number of nitrogens with zero attached hydrogens (tertiary/aromatic N) is 2. The predicted molar refractivity (Wildman–Crippen MR) is 32.8 cm³/mol. The van der Waals surface area contributed by atoms with Crippen LogP contribution in [0.3, 0.4) is 0 Å². The van der Waals surface area contributed by atoms with Gasteiger partial charge in [-0.25, -0.2) is 10.8 Å². The van der Waals surface area contributed by atoms with E-state index >= 15 is 0 Å². The van der Waals surface area contributed by atoms with Gasteiger partial charge in [-0.2, -0.15) is 0 Å². The van der Waals surface area contributed by atoms with Crippen molar-refractivity contribution in [3.8, 4) is 0 Å².